The van der Waals surface area contributed by atoms with Crippen molar-refractivity contribution in [2.75, 3.05) is 13.6 Å². The Morgan fingerprint density at radius 3 is 2.62 bits per heavy atom. The molecule has 0 bridgehead atoms. The van der Waals surface area contributed by atoms with Gasteiger partial charge >= 0.3 is 5.91 Å². The van der Waals surface area contributed by atoms with Crippen molar-refractivity contribution in [3.05, 3.63) is 71.7 Å². The summed E-state index contributed by atoms with van der Waals surface area (Å²) >= 11 is 6.12. The Balaban J connectivity index is 2.28. The van der Waals surface area contributed by atoms with Crippen LogP contribution in [0.2, 0.25) is 5.02 Å². The summed E-state index contributed by atoms with van der Waals surface area (Å²) in [5, 5.41) is 0.590. The Bertz CT molecular complexity index is 736. The van der Waals surface area contributed by atoms with Crippen LogP contribution in [-0.2, 0) is 4.79 Å². The Morgan fingerprint density at radius 1 is 1.19 bits per heavy atom. The third-order valence-electron chi connectivity index (χ3n) is 3.65. The zero-order valence-electron chi connectivity index (χ0n) is 11.6. The standard InChI is InChI=1S/C17H14ClN2O/c1-20(2)15-9-8-13(18)10-14(15)17(19-11-16(20)21)12-6-4-3-5-7-12/h1,3-10H,11H2,2H3/q+1. The molecule has 1 atom stereocenters. The minimum Gasteiger partial charge on any atom is -0.270 e. The topological polar surface area (TPSA) is 29.4 Å². The molecule has 21 heavy (non-hydrogen) atoms. The maximum absolute atomic E-state index is 12.3. The van der Waals surface area contributed by atoms with Gasteiger partial charge < -0.3 is 0 Å². The highest BCUT2D eigenvalue weighted by Gasteiger charge is 2.36. The molecule has 2 aromatic rings. The molecule has 0 saturated heterocycles. The Hall–Kier alpha value is -1.97. The number of amides is 1. The highest BCUT2D eigenvalue weighted by Crippen LogP contribution is 2.32. The van der Waals surface area contributed by atoms with Crippen molar-refractivity contribution < 1.29 is 4.79 Å². The molecule has 1 aliphatic rings. The molecule has 0 aromatic heterocycles. The molecule has 0 N–H and O–H groups in total. The molecule has 0 aliphatic carbocycles. The molecule has 0 saturated carbocycles. The fourth-order valence-corrected chi connectivity index (χ4v) is 2.63. The predicted molar refractivity (Wildman–Crippen MR) is 85.4 cm³/mol. The first kappa shape index (κ1) is 14.0. The summed E-state index contributed by atoms with van der Waals surface area (Å²) in [7, 11) is 7.86. The second-order valence-electron chi connectivity index (χ2n) is 5.16. The lowest BCUT2D eigenvalue weighted by Crippen LogP contribution is -2.45. The third-order valence-corrected chi connectivity index (χ3v) is 3.89. The molecule has 1 heterocycles. The number of nitrogens with zero attached hydrogens (tertiary/aromatic N) is 2. The Morgan fingerprint density at radius 2 is 1.90 bits per heavy atom. The van der Waals surface area contributed by atoms with Crippen molar-refractivity contribution in [3.8, 4) is 0 Å². The maximum Gasteiger partial charge on any atom is 0.340 e. The van der Waals surface area contributed by atoms with Crippen molar-refractivity contribution >= 4 is 28.9 Å². The Kier molecular flexibility index (Phi) is 3.40. The minimum atomic E-state index is -0.327. The quantitative estimate of drug-likeness (QED) is 0.743. The SMILES string of the molecule is [CH][N+]1(C)C(=O)CN=C(c2ccccc2)c2cc(Cl)ccc21. The number of likely N-dealkylation sites (N-methyl/N-ethyl adjacent to an activating group) is 1. The number of aliphatic imine (C=N–C) groups is 1. The van der Waals surface area contributed by atoms with E-state index in [-0.39, 0.29) is 16.9 Å². The number of carbonyl (C=O) groups is 1. The van der Waals surface area contributed by atoms with Crippen LogP contribution in [-0.4, -0.2) is 25.2 Å². The van der Waals surface area contributed by atoms with Crippen molar-refractivity contribution in [3.63, 3.8) is 0 Å². The fourth-order valence-electron chi connectivity index (χ4n) is 2.46. The van der Waals surface area contributed by atoms with Crippen LogP contribution in [0.4, 0.5) is 5.69 Å². The summed E-state index contributed by atoms with van der Waals surface area (Å²) in [4.78, 5) is 16.7. The van der Waals surface area contributed by atoms with E-state index in [1.807, 2.05) is 36.4 Å². The van der Waals surface area contributed by atoms with Crippen LogP contribution in [0.25, 0.3) is 0 Å². The summed E-state index contributed by atoms with van der Waals surface area (Å²) in [5.74, 6) is -0.162. The van der Waals surface area contributed by atoms with E-state index in [2.05, 4.69) is 4.99 Å². The minimum absolute atomic E-state index is 0.0452. The number of benzene rings is 2. The number of fused-ring (bicyclic) bond motifs is 1. The summed E-state index contributed by atoms with van der Waals surface area (Å²) in [6.07, 6.45) is 0. The summed E-state index contributed by atoms with van der Waals surface area (Å²) < 4.78 is -0.327. The van der Waals surface area contributed by atoms with Crippen molar-refractivity contribution in [2.24, 2.45) is 4.99 Å². The molecule has 2 radical (unpaired) electrons. The van der Waals surface area contributed by atoms with Crippen molar-refractivity contribution in [2.45, 2.75) is 0 Å². The normalized spacial score (nSPS) is 16.9. The third kappa shape index (κ3) is 2.39. The fraction of sp³-hybridized carbons (Fsp3) is 0.118. The van der Waals surface area contributed by atoms with Gasteiger partial charge in [-0.25, -0.2) is 9.28 Å². The van der Waals surface area contributed by atoms with Gasteiger partial charge in [0.1, 0.15) is 5.69 Å². The van der Waals surface area contributed by atoms with E-state index >= 15 is 0 Å². The summed E-state index contributed by atoms with van der Waals surface area (Å²) in [6.45, 7) is 0.0452. The largest absolute Gasteiger partial charge is 0.340 e. The number of benzodiazepines with no additional fused rings is 1. The van der Waals surface area contributed by atoms with Crippen LogP contribution < -0.4 is 4.48 Å². The number of halogens is 1. The molecule has 0 spiro atoms. The zero-order valence-corrected chi connectivity index (χ0v) is 12.3. The van der Waals surface area contributed by atoms with E-state index in [4.69, 9.17) is 18.6 Å². The van der Waals surface area contributed by atoms with Crippen molar-refractivity contribution in [1.82, 2.24) is 4.48 Å². The molecule has 3 nitrogen and oxygen atoms in total. The predicted octanol–water partition coefficient (Wildman–Crippen LogP) is 3.32. The maximum atomic E-state index is 12.3. The van der Waals surface area contributed by atoms with E-state index in [9.17, 15) is 4.79 Å². The van der Waals surface area contributed by atoms with Gasteiger partial charge in [-0.15, -0.1) is 0 Å². The van der Waals surface area contributed by atoms with Gasteiger partial charge in [0.25, 0.3) is 0 Å². The second-order valence-corrected chi connectivity index (χ2v) is 5.60. The first-order valence-corrected chi connectivity index (χ1v) is 6.97. The number of hydrogen-bond donors (Lipinski definition) is 0. The molecular formula is C17H14ClN2O+. The lowest BCUT2D eigenvalue weighted by Gasteiger charge is -2.24. The second kappa shape index (κ2) is 5.10. The first-order valence-electron chi connectivity index (χ1n) is 6.59. The average Bonchev–Trinajstić information content (AvgIpc) is 2.56. The van der Waals surface area contributed by atoms with Crippen LogP contribution >= 0.6 is 11.6 Å². The van der Waals surface area contributed by atoms with Gasteiger partial charge in [-0.05, 0) is 12.1 Å². The van der Waals surface area contributed by atoms with Gasteiger partial charge in [0.15, 0.2) is 6.54 Å². The Labute approximate surface area is 129 Å². The highest BCUT2D eigenvalue weighted by atomic mass is 35.5. The van der Waals surface area contributed by atoms with Gasteiger partial charge in [0, 0.05) is 16.7 Å². The lowest BCUT2D eigenvalue weighted by atomic mass is 10.00. The molecule has 0 fully saturated rings. The van der Waals surface area contributed by atoms with Crippen LogP contribution in [0.1, 0.15) is 11.1 Å². The van der Waals surface area contributed by atoms with Crippen LogP contribution in [0.5, 0.6) is 0 Å². The molecule has 1 unspecified atom stereocenters. The molecule has 1 aliphatic heterocycles. The van der Waals surface area contributed by atoms with E-state index in [0.717, 1.165) is 16.8 Å². The van der Waals surface area contributed by atoms with Gasteiger partial charge in [-0.2, -0.15) is 0 Å². The van der Waals surface area contributed by atoms with Crippen molar-refractivity contribution in [1.29, 1.82) is 0 Å². The number of rotatable bonds is 1. The number of carbonyl (C=O) groups excluding carboxylic acids is 1. The average molecular weight is 298 g/mol. The smallest absolute Gasteiger partial charge is 0.270 e. The van der Waals surface area contributed by atoms with Crippen LogP contribution in [0.15, 0.2) is 53.5 Å². The lowest BCUT2D eigenvalue weighted by molar-refractivity contribution is -0.125. The van der Waals surface area contributed by atoms with Gasteiger partial charge in [0.05, 0.1) is 18.3 Å². The van der Waals surface area contributed by atoms with Crippen LogP contribution in [0, 0.1) is 7.05 Å². The molecule has 4 heteroatoms. The first-order chi connectivity index (χ1) is 10.00. The molecular weight excluding hydrogens is 284 g/mol. The van der Waals surface area contributed by atoms with Gasteiger partial charge in [0.2, 0.25) is 7.05 Å². The molecule has 2 aromatic carbocycles. The number of hydrogen-bond acceptors (Lipinski definition) is 2. The highest BCUT2D eigenvalue weighted by molar-refractivity contribution is 6.31. The summed E-state index contributed by atoms with van der Waals surface area (Å²) in [6, 6.07) is 15.1. The van der Waals surface area contributed by atoms with E-state index in [0.29, 0.717) is 10.7 Å². The zero-order chi connectivity index (χ0) is 15.0. The number of quaternary nitrogens is 1. The van der Waals surface area contributed by atoms with E-state index < -0.39 is 0 Å². The monoisotopic (exact) mass is 297 g/mol. The van der Waals surface area contributed by atoms with Crippen LogP contribution in [0.3, 0.4) is 0 Å². The molecule has 104 valence electrons. The van der Waals surface area contributed by atoms with E-state index in [1.165, 1.54) is 0 Å². The van der Waals surface area contributed by atoms with Gasteiger partial charge in [-0.1, -0.05) is 41.9 Å². The summed E-state index contributed by atoms with van der Waals surface area (Å²) in [5.41, 5.74) is 3.18. The van der Waals surface area contributed by atoms with E-state index in [1.54, 1.807) is 19.2 Å². The van der Waals surface area contributed by atoms with Gasteiger partial charge in [-0.3, -0.25) is 4.99 Å². The molecule has 1 amide bonds. The molecule has 3 rings (SSSR count).